The molecule has 0 bridgehead atoms. The maximum atomic E-state index is 12.4. The average Bonchev–Trinajstić information content (AvgIpc) is 3.12. The Morgan fingerprint density at radius 3 is 2.70 bits per heavy atom. The van der Waals surface area contributed by atoms with E-state index in [-0.39, 0.29) is 6.03 Å². The van der Waals surface area contributed by atoms with Gasteiger partial charge in [-0.3, -0.25) is 4.57 Å². The van der Waals surface area contributed by atoms with Gasteiger partial charge in [0.2, 0.25) is 0 Å². The van der Waals surface area contributed by atoms with E-state index in [9.17, 15) is 4.79 Å². The van der Waals surface area contributed by atoms with Gasteiger partial charge in [0.05, 0.1) is 0 Å². The number of hydrogen-bond acceptors (Lipinski definition) is 3. The van der Waals surface area contributed by atoms with E-state index in [1.807, 2.05) is 34.7 Å². The third-order valence-electron chi connectivity index (χ3n) is 4.01. The molecule has 2 amide bonds. The van der Waals surface area contributed by atoms with E-state index in [4.69, 9.17) is 0 Å². The van der Waals surface area contributed by atoms with Crippen LogP contribution in [0.1, 0.15) is 39.2 Å². The second-order valence-electron chi connectivity index (χ2n) is 5.41. The Morgan fingerprint density at radius 2 is 2.09 bits per heavy atom. The zero-order valence-corrected chi connectivity index (χ0v) is 14.1. The first-order valence-electron chi connectivity index (χ1n) is 8.17. The van der Waals surface area contributed by atoms with Crippen molar-refractivity contribution < 1.29 is 4.79 Å². The highest BCUT2D eigenvalue weighted by Gasteiger charge is 2.18. The standard InChI is InChI=1S/C17H25N5O/c1-4-15(5-2)22(6-3)17(23)20-12-14-7-8-19-16(11-14)21-10-9-18-13-21/h7-11,13,15H,4-6,12H2,1-3H3,(H,20,23). The lowest BCUT2D eigenvalue weighted by Crippen LogP contribution is -2.45. The summed E-state index contributed by atoms with van der Waals surface area (Å²) in [5, 5.41) is 3.01. The molecule has 6 nitrogen and oxygen atoms in total. The summed E-state index contributed by atoms with van der Waals surface area (Å²) in [7, 11) is 0. The SMILES string of the molecule is CCC(CC)N(CC)C(=O)NCc1ccnc(-n2ccnc2)c1. The van der Waals surface area contributed by atoms with Crippen LogP contribution in [-0.4, -0.2) is 38.1 Å². The molecule has 0 saturated carbocycles. The minimum Gasteiger partial charge on any atom is -0.334 e. The second-order valence-corrected chi connectivity index (χ2v) is 5.41. The number of urea groups is 1. The lowest BCUT2D eigenvalue weighted by atomic mass is 10.1. The summed E-state index contributed by atoms with van der Waals surface area (Å²) >= 11 is 0. The van der Waals surface area contributed by atoms with Crippen molar-refractivity contribution in [2.24, 2.45) is 0 Å². The highest BCUT2D eigenvalue weighted by molar-refractivity contribution is 5.74. The number of rotatable bonds is 7. The van der Waals surface area contributed by atoms with Crippen LogP contribution in [-0.2, 0) is 6.54 Å². The van der Waals surface area contributed by atoms with Crippen LogP contribution >= 0.6 is 0 Å². The molecule has 124 valence electrons. The van der Waals surface area contributed by atoms with Crippen LogP contribution in [0.15, 0.2) is 37.1 Å². The van der Waals surface area contributed by atoms with E-state index in [1.54, 1.807) is 18.7 Å². The number of amides is 2. The monoisotopic (exact) mass is 315 g/mol. The van der Waals surface area contributed by atoms with Crippen LogP contribution in [0.4, 0.5) is 4.79 Å². The van der Waals surface area contributed by atoms with Gasteiger partial charge in [-0.25, -0.2) is 14.8 Å². The van der Waals surface area contributed by atoms with Gasteiger partial charge in [-0.2, -0.15) is 0 Å². The summed E-state index contributed by atoms with van der Waals surface area (Å²) in [6.07, 6.45) is 8.95. The quantitative estimate of drug-likeness (QED) is 0.854. The first-order valence-corrected chi connectivity index (χ1v) is 8.17. The predicted molar refractivity (Wildman–Crippen MR) is 90.3 cm³/mol. The van der Waals surface area contributed by atoms with E-state index >= 15 is 0 Å². The number of carbonyl (C=O) groups excluding carboxylic acids is 1. The summed E-state index contributed by atoms with van der Waals surface area (Å²) in [4.78, 5) is 22.6. The van der Waals surface area contributed by atoms with Gasteiger partial charge in [-0.1, -0.05) is 13.8 Å². The molecule has 2 aromatic rings. The van der Waals surface area contributed by atoms with Crippen LogP contribution < -0.4 is 5.32 Å². The first kappa shape index (κ1) is 17.0. The van der Waals surface area contributed by atoms with Crippen LogP contribution in [0.5, 0.6) is 0 Å². The van der Waals surface area contributed by atoms with Crippen molar-refractivity contribution in [3.63, 3.8) is 0 Å². The third-order valence-corrected chi connectivity index (χ3v) is 4.01. The van der Waals surface area contributed by atoms with Crippen molar-refractivity contribution in [3.8, 4) is 5.82 Å². The molecule has 0 fully saturated rings. The Bertz CT molecular complexity index is 607. The van der Waals surface area contributed by atoms with Crippen LogP contribution in [0.2, 0.25) is 0 Å². The number of carbonyl (C=O) groups is 1. The Morgan fingerprint density at radius 1 is 1.30 bits per heavy atom. The van der Waals surface area contributed by atoms with Crippen LogP contribution in [0.3, 0.4) is 0 Å². The molecule has 0 aromatic carbocycles. The predicted octanol–water partition coefficient (Wildman–Crippen LogP) is 2.99. The van der Waals surface area contributed by atoms with Gasteiger partial charge in [0.1, 0.15) is 12.1 Å². The minimum absolute atomic E-state index is 0.0119. The largest absolute Gasteiger partial charge is 0.334 e. The van der Waals surface area contributed by atoms with Gasteiger partial charge in [-0.15, -0.1) is 0 Å². The Hall–Kier alpha value is -2.37. The smallest absolute Gasteiger partial charge is 0.317 e. The number of aromatic nitrogens is 3. The summed E-state index contributed by atoms with van der Waals surface area (Å²) in [6.45, 7) is 7.45. The summed E-state index contributed by atoms with van der Waals surface area (Å²) in [5.74, 6) is 0.793. The number of nitrogens with zero attached hydrogens (tertiary/aromatic N) is 4. The normalized spacial score (nSPS) is 10.8. The zero-order chi connectivity index (χ0) is 16.7. The number of hydrogen-bond donors (Lipinski definition) is 1. The molecule has 2 aromatic heterocycles. The van der Waals surface area contributed by atoms with Gasteiger partial charge in [0.25, 0.3) is 0 Å². The molecule has 0 aliphatic rings. The molecule has 0 aliphatic carbocycles. The molecule has 2 rings (SSSR count). The lowest BCUT2D eigenvalue weighted by Gasteiger charge is -2.29. The van der Waals surface area contributed by atoms with Crippen LogP contribution in [0, 0.1) is 0 Å². The molecule has 6 heteroatoms. The van der Waals surface area contributed by atoms with E-state index in [2.05, 4.69) is 29.1 Å². The van der Waals surface area contributed by atoms with Crippen LogP contribution in [0.25, 0.3) is 5.82 Å². The molecule has 0 atom stereocenters. The minimum atomic E-state index is -0.0119. The molecule has 23 heavy (non-hydrogen) atoms. The van der Waals surface area contributed by atoms with E-state index in [1.165, 1.54) is 0 Å². The third kappa shape index (κ3) is 4.31. The molecule has 0 aliphatic heterocycles. The Labute approximate surface area is 137 Å². The lowest BCUT2D eigenvalue weighted by molar-refractivity contribution is 0.173. The Kier molecular flexibility index (Phi) is 6.14. The van der Waals surface area contributed by atoms with Gasteiger partial charge < -0.3 is 10.2 Å². The van der Waals surface area contributed by atoms with Crippen molar-refractivity contribution in [1.29, 1.82) is 0 Å². The summed E-state index contributed by atoms with van der Waals surface area (Å²) in [5.41, 5.74) is 1.01. The number of nitrogens with one attached hydrogen (secondary N) is 1. The summed E-state index contributed by atoms with van der Waals surface area (Å²) < 4.78 is 1.84. The fourth-order valence-corrected chi connectivity index (χ4v) is 2.68. The van der Waals surface area contributed by atoms with Crippen molar-refractivity contribution >= 4 is 6.03 Å². The van der Waals surface area contributed by atoms with Crippen molar-refractivity contribution in [3.05, 3.63) is 42.6 Å². The molecule has 1 N–H and O–H groups in total. The molecule has 0 spiro atoms. The van der Waals surface area contributed by atoms with Gasteiger partial charge >= 0.3 is 6.03 Å². The second kappa shape index (κ2) is 8.31. The fraction of sp³-hybridized carbons (Fsp3) is 0.471. The van der Waals surface area contributed by atoms with Gasteiger partial charge in [0.15, 0.2) is 0 Å². The fourth-order valence-electron chi connectivity index (χ4n) is 2.68. The van der Waals surface area contributed by atoms with E-state index < -0.39 is 0 Å². The molecule has 0 saturated heterocycles. The van der Waals surface area contributed by atoms with Gasteiger partial charge in [-0.05, 0) is 37.5 Å². The summed E-state index contributed by atoms with van der Waals surface area (Å²) in [6, 6.07) is 4.14. The highest BCUT2D eigenvalue weighted by atomic mass is 16.2. The van der Waals surface area contributed by atoms with Gasteiger partial charge in [0, 0.05) is 37.7 Å². The highest BCUT2D eigenvalue weighted by Crippen LogP contribution is 2.10. The number of pyridine rings is 1. The molecule has 2 heterocycles. The van der Waals surface area contributed by atoms with E-state index in [0.717, 1.165) is 30.8 Å². The zero-order valence-electron chi connectivity index (χ0n) is 14.1. The maximum Gasteiger partial charge on any atom is 0.317 e. The van der Waals surface area contributed by atoms with Crippen molar-refractivity contribution in [1.82, 2.24) is 24.8 Å². The first-order chi connectivity index (χ1) is 11.2. The average molecular weight is 315 g/mol. The molecular formula is C17H25N5O. The molecule has 0 radical (unpaired) electrons. The number of imidazole rings is 1. The molecule has 0 unspecified atom stereocenters. The Balaban J connectivity index is 2.00. The van der Waals surface area contributed by atoms with Crippen molar-refractivity contribution in [2.75, 3.05) is 6.54 Å². The van der Waals surface area contributed by atoms with E-state index in [0.29, 0.717) is 12.6 Å². The molecular weight excluding hydrogens is 290 g/mol. The maximum absolute atomic E-state index is 12.4. The van der Waals surface area contributed by atoms with Crippen molar-refractivity contribution in [2.45, 2.75) is 46.2 Å². The topological polar surface area (TPSA) is 63.1 Å².